The monoisotopic (exact) mass is 300 g/mol. The van der Waals surface area contributed by atoms with Crippen LogP contribution >= 0.6 is 0 Å². The fraction of sp³-hybridized carbons (Fsp3) is 0.167. The second kappa shape index (κ2) is 5.60. The first-order valence-electron chi connectivity index (χ1n) is 6.23. The molecule has 0 aliphatic carbocycles. The van der Waals surface area contributed by atoms with E-state index in [0.717, 1.165) is 0 Å². The van der Waals surface area contributed by atoms with Crippen LogP contribution in [0, 0.1) is 0 Å². The van der Waals surface area contributed by atoms with Gasteiger partial charge >= 0.3 is 0 Å². The molecule has 3 aromatic rings. The molecule has 112 valence electrons. The molecule has 3 heterocycles. The minimum Gasteiger partial charge on any atom is -0.479 e. The Hall–Kier alpha value is -3.30. The van der Waals surface area contributed by atoms with Crippen molar-refractivity contribution < 1.29 is 9.53 Å². The highest BCUT2D eigenvalue weighted by atomic mass is 16.5. The first-order valence-corrected chi connectivity index (χ1v) is 6.23. The number of nitrogens with one attached hydrogen (secondary N) is 1. The Balaban J connectivity index is 1.84. The van der Waals surface area contributed by atoms with E-state index in [4.69, 9.17) is 4.74 Å². The minimum atomic E-state index is -0.381. The van der Waals surface area contributed by atoms with Gasteiger partial charge in [-0.1, -0.05) is 0 Å². The standard InChI is InChI=1S/C12H12N8O2/c1-19-4-8(12(18-19)22-2)11(21)17-9-3-10(15-6-14-9)20-7-13-5-16-20/h3-7H,1-2H3,(H,14,15,17,21). The van der Waals surface area contributed by atoms with Crippen LogP contribution in [-0.2, 0) is 7.05 Å². The van der Waals surface area contributed by atoms with Gasteiger partial charge in [-0.2, -0.15) is 5.10 Å². The number of carbonyl (C=O) groups is 1. The molecule has 0 saturated carbocycles. The predicted molar refractivity (Wildman–Crippen MR) is 74.7 cm³/mol. The third kappa shape index (κ3) is 2.61. The highest BCUT2D eigenvalue weighted by Crippen LogP contribution is 2.17. The number of methoxy groups -OCH3 is 1. The van der Waals surface area contributed by atoms with Gasteiger partial charge in [-0.3, -0.25) is 9.48 Å². The molecule has 10 nitrogen and oxygen atoms in total. The van der Waals surface area contributed by atoms with E-state index in [1.165, 1.54) is 35.5 Å². The van der Waals surface area contributed by atoms with Gasteiger partial charge < -0.3 is 10.1 Å². The molecule has 1 N–H and O–H groups in total. The van der Waals surface area contributed by atoms with Crippen LogP contribution in [0.3, 0.4) is 0 Å². The third-order valence-corrected chi connectivity index (χ3v) is 2.78. The second-order valence-corrected chi connectivity index (χ2v) is 4.28. The van der Waals surface area contributed by atoms with Crippen LogP contribution in [0.4, 0.5) is 5.82 Å². The predicted octanol–water partition coefficient (Wildman–Crippen LogP) is 0.0517. The molecule has 0 aliphatic rings. The largest absolute Gasteiger partial charge is 0.479 e. The van der Waals surface area contributed by atoms with Crippen molar-refractivity contribution in [1.82, 2.24) is 34.5 Å². The zero-order chi connectivity index (χ0) is 15.5. The number of ether oxygens (including phenoxy) is 1. The molecule has 0 saturated heterocycles. The van der Waals surface area contributed by atoms with Crippen molar-refractivity contribution >= 4 is 11.7 Å². The van der Waals surface area contributed by atoms with Gasteiger partial charge in [0.05, 0.1) is 7.11 Å². The van der Waals surface area contributed by atoms with Crippen LogP contribution in [0.5, 0.6) is 5.88 Å². The Kier molecular flexibility index (Phi) is 3.48. The molecule has 3 rings (SSSR count). The summed E-state index contributed by atoms with van der Waals surface area (Å²) in [6, 6.07) is 1.58. The zero-order valence-electron chi connectivity index (χ0n) is 11.8. The molecule has 10 heteroatoms. The summed E-state index contributed by atoms with van der Waals surface area (Å²) in [6.45, 7) is 0. The molecular weight excluding hydrogens is 288 g/mol. The molecule has 3 aromatic heterocycles. The van der Waals surface area contributed by atoms with E-state index >= 15 is 0 Å². The Bertz CT molecular complexity index is 795. The third-order valence-electron chi connectivity index (χ3n) is 2.78. The molecule has 0 bridgehead atoms. The van der Waals surface area contributed by atoms with Gasteiger partial charge in [-0.05, 0) is 0 Å². The first kappa shape index (κ1) is 13.7. The molecule has 0 aromatic carbocycles. The molecular formula is C12H12N8O2. The Morgan fingerprint density at radius 3 is 2.91 bits per heavy atom. The highest BCUT2D eigenvalue weighted by molar-refractivity contribution is 6.05. The number of anilines is 1. The average molecular weight is 300 g/mol. The molecule has 1 amide bonds. The molecule has 0 radical (unpaired) electrons. The molecule has 22 heavy (non-hydrogen) atoms. The zero-order valence-corrected chi connectivity index (χ0v) is 11.8. The lowest BCUT2D eigenvalue weighted by molar-refractivity contribution is 0.102. The Morgan fingerprint density at radius 2 is 2.18 bits per heavy atom. The van der Waals surface area contributed by atoms with Gasteiger partial charge in [0.25, 0.3) is 5.91 Å². The SMILES string of the molecule is COc1nn(C)cc1C(=O)Nc1cc(-n2cncn2)ncn1. The van der Waals surface area contributed by atoms with Crippen molar-refractivity contribution in [3.8, 4) is 11.7 Å². The van der Waals surface area contributed by atoms with E-state index < -0.39 is 0 Å². The lowest BCUT2D eigenvalue weighted by Crippen LogP contribution is -2.14. The normalized spacial score (nSPS) is 10.5. The molecule has 0 unspecified atom stereocenters. The molecule has 0 fully saturated rings. The van der Waals surface area contributed by atoms with E-state index in [1.807, 2.05) is 0 Å². The van der Waals surface area contributed by atoms with Gasteiger partial charge in [-0.15, -0.1) is 5.10 Å². The summed E-state index contributed by atoms with van der Waals surface area (Å²) in [5, 5.41) is 10.7. The van der Waals surface area contributed by atoms with Crippen molar-refractivity contribution in [1.29, 1.82) is 0 Å². The number of hydrogen-bond acceptors (Lipinski definition) is 7. The Morgan fingerprint density at radius 1 is 1.32 bits per heavy atom. The number of amides is 1. The van der Waals surface area contributed by atoms with E-state index in [9.17, 15) is 4.79 Å². The smallest absolute Gasteiger partial charge is 0.263 e. The second-order valence-electron chi connectivity index (χ2n) is 4.28. The fourth-order valence-corrected chi connectivity index (χ4v) is 1.83. The summed E-state index contributed by atoms with van der Waals surface area (Å²) in [4.78, 5) is 24.2. The number of rotatable bonds is 4. The lowest BCUT2D eigenvalue weighted by Gasteiger charge is -2.05. The summed E-state index contributed by atoms with van der Waals surface area (Å²) in [6.07, 6.45) is 5.78. The van der Waals surface area contributed by atoms with Gasteiger partial charge in [0.2, 0.25) is 5.88 Å². The number of carbonyl (C=O) groups excluding carboxylic acids is 1. The van der Waals surface area contributed by atoms with E-state index in [1.54, 1.807) is 19.3 Å². The Labute approximate surface area is 124 Å². The maximum atomic E-state index is 12.3. The maximum Gasteiger partial charge on any atom is 0.263 e. The van der Waals surface area contributed by atoms with Crippen LogP contribution < -0.4 is 10.1 Å². The number of nitrogens with zero attached hydrogens (tertiary/aromatic N) is 7. The van der Waals surface area contributed by atoms with Crippen molar-refractivity contribution in [3.63, 3.8) is 0 Å². The number of aromatic nitrogens is 7. The number of aryl methyl sites for hydroxylation is 1. The van der Waals surface area contributed by atoms with E-state index in [2.05, 4.69) is 30.5 Å². The van der Waals surface area contributed by atoms with Gasteiger partial charge in [0, 0.05) is 19.3 Å². The fourth-order valence-electron chi connectivity index (χ4n) is 1.83. The van der Waals surface area contributed by atoms with E-state index in [0.29, 0.717) is 17.2 Å². The summed E-state index contributed by atoms with van der Waals surface area (Å²) >= 11 is 0. The molecule has 0 spiro atoms. The van der Waals surface area contributed by atoms with Gasteiger partial charge in [0.15, 0.2) is 5.82 Å². The van der Waals surface area contributed by atoms with Crippen molar-refractivity contribution in [2.24, 2.45) is 7.05 Å². The van der Waals surface area contributed by atoms with Crippen LogP contribution in [0.1, 0.15) is 10.4 Å². The number of hydrogen-bond donors (Lipinski definition) is 1. The van der Waals surface area contributed by atoms with Gasteiger partial charge in [0.1, 0.15) is 30.4 Å². The lowest BCUT2D eigenvalue weighted by atomic mass is 10.3. The summed E-state index contributed by atoms with van der Waals surface area (Å²) in [5.74, 6) is 0.677. The summed E-state index contributed by atoms with van der Waals surface area (Å²) in [7, 11) is 3.15. The molecule has 0 aliphatic heterocycles. The van der Waals surface area contributed by atoms with Crippen molar-refractivity contribution in [2.75, 3.05) is 12.4 Å². The topological polar surface area (TPSA) is 113 Å². The van der Waals surface area contributed by atoms with Crippen LogP contribution in [0.2, 0.25) is 0 Å². The van der Waals surface area contributed by atoms with Crippen molar-refractivity contribution in [3.05, 3.63) is 36.8 Å². The van der Waals surface area contributed by atoms with E-state index in [-0.39, 0.29) is 11.8 Å². The highest BCUT2D eigenvalue weighted by Gasteiger charge is 2.17. The van der Waals surface area contributed by atoms with Gasteiger partial charge in [-0.25, -0.2) is 19.6 Å². The minimum absolute atomic E-state index is 0.241. The van der Waals surface area contributed by atoms with Crippen LogP contribution in [0.15, 0.2) is 31.2 Å². The molecule has 0 atom stereocenters. The van der Waals surface area contributed by atoms with Crippen LogP contribution in [0.25, 0.3) is 5.82 Å². The first-order chi connectivity index (χ1) is 10.7. The maximum absolute atomic E-state index is 12.3. The summed E-state index contributed by atoms with van der Waals surface area (Å²) in [5.41, 5.74) is 0.311. The van der Waals surface area contributed by atoms with Crippen LogP contribution in [-0.4, -0.2) is 47.5 Å². The van der Waals surface area contributed by atoms with Crippen molar-refractivity contribution in [2.45, 2.75) is 0 Å². The average Bonchev–Trinajstić information content (AvgIpc) is 3.16. The quantitative estimate of drug-likeness (QED) is 0.724. The summed E-state index contributed by atoms with van der Waals surface area (Å²) < 4.78 is 8.01.